The van der Waals surface area contributed by atoms with Gasteiger partial charge in [0, 0.05) is 11.3 Å². The fourth-order valence-corrected chi connectivity index (χ4v) is 4.32. The van der Waals surface area contributed by atoms with Crippen LogP contribution in [0.3, 0.4) is 0 Å². The van der Waals surface area contributed by atoms with Crippen LogP contribution < -0.4 is 0 Å². The molecule has 0 aliphatic carbocycles. The quantitative estimate of drug-likeness (QED) is 0.229. The molecule has 0 fully saturated rings. The molecule has 4 aromatic rings. The Balaban J connectivity index is 1.61. The molecule has 5 heteroatoms. The summed E-state index contributed by atoms with van der Waals surface area (Å²) in [5.74, 6) is 2.19. The van der Waals surface area contributed by atoms with Crippen LogP contribution in [0.2, 0.25) is 0 Å². The van der Waals surface area contributed by atoms with Crippen LogP contribution in [-0.2, 0) is 6.42 Å². The number of hydrogen-bond donors (Lipinski definition) is 0. The summed E-state index contributed by atoms with van der Waals surface area (Å²) in [5, 5.41) is 14.6. The van der Waals surface area contributed by atoms with Crippen LogP contribution in [0.25, 0.3) is 11.4 Å². The topological polar surface area (TPSA) is 43.1 Å². The van der Waals surface area contributed by atoms with Crippen LogP contribution in [-0.4, -0.2) is 26.8 Å². The van der Waals surface area contributed by atoms with Crippen LogP contribution in [0.4, 0.5) is 0 Å². The molecule has 1 heterocycles. The summed E-state index contributed by atoms with van der Waals surface area (Å²) in [6, 6.07) is 27.3. The zero-order valence-electron chi connectivity index (χ0n) is 18.8. The summed E-state index contributed by atoms with van der Waals surface area (Å²) in [4.78, 5) is 0. The Kier molecular flexibility index (Phi) is 7.17. The molecule has 0 amide bonds. The molecule has 0 saturated heterocycles. The van der Waals surface area contributed by atoms with Gasteiger partial charge in [-0.2, -0.15) is 9.78 Å². The maximum atomic E-state index is 4.80. The third kappa shape index (κ3) is 5.35. The second-order valence-electron chi connectivity index (χ2n) is 8.08. The minimum Gasteiger partial charge on any atom is -0.187 e. The highest BCUT2D eigenvalue weighted by Crippen LogP contribution is 2.26. The van der Waals surface area contributed by atoms with Crippen molar-refractivity contribution in [1.82, 2.24) is 14.9 Å². The van der Waals surface area contributed by atoms with Crippen LogP contribution in [0.5, 0.6) is 0 Å². The van der Waals surface area contributed by atoms with E-state index in [1.165, 1.54) is 11.1 Å². The van der Waals surface area contributed by atoms with Gasteiger partial charge in [-0.1, -0.05) is 104 Å². The van der Waals surface area contributed by atoms with Crippen LogP contribution in [0.15, 0.2) is 89.1 Å². The molecule has 0 bridgehead atoms. The normalized spacial score (nSPS) is 11.5. The Morgan fingerprint density at radius 3 is 2.34 bits per heavy atom. The minimum absolute atomic E-state index is 0.513. The van der Waals surface area contributed by atoms with E-state index in [0.29, 0.717) is 5.92 Å². The minimum atomic E-state index is 0.513. The predicted octanol–water partition coefficient (Wildman–Crippen LogP) is 6.59. The van der Waals surface area contributed by atoms with E-state index in [9.17, 15) is 0 Å². The first-order chi connectivity index (χ1) is 15.6. The first-order valence-corrected chi connectivity index (χ1v) is 11.9. The molecule has 0 aliphatic rings. The van der Waals surface area contributed by atoms with Crippen LogP contribution in [0.1, 0.15) is 42.0 Å². The summed E-state index contributed by atoms with van der Waals surface area (Å²) in [6.07, 6.45) is 2.86. The highest BCUT2D eigenvalue weighted by Gasteiger charge is 2.15. The molecular weight excluding hydrogens is 412 g/mol. The molecule has 32 heavy (non-hydrogen) atoms. The van der Waals surface area contributed by atoms with Gasteiger partial charge in [-0.05, 0) is 41.5 Å². The molecule has 4 rings (SSSR count). The Bertz CT molecular complexity index is 1180. The van der Waals surface area contributed by atoms with E-state index in [2.05, 4.69) is 91.6 Å². The molecule has 162 valence electrons. The predicted molar refractivity (Wildman–Crippen MR) is 135 cm³/mol. The zero-order chi connectivity index (χ0) is 22.3. The van der Waals surface area contributed by atoms with Gasteiger partial charge in [0.25, 0.3) is 0 Å². The first-order valence-electron chi connectivity index (χ1n) is 10.9. The van der Waals surface area contributed by atoms with E-state index in [0.717, 1.165) is 39.8 Å². The SMILES string of the molecule is Cc1ccccc1-c1nnc(SCCc2ccccc2)n1/N=C/c1ccc(C(C)C)cc1. The maximum Gasteiger partial charge on any atom is 0.212 e. The summed E-state index contributed by atoms with van der Waals surface area (Å²) in [7, 11) is 0. The fraction of sp³-hybridized carbons (Fsp3) is 0.222. The van der Waals surface area contributed by atoms with Gasteiger partial charge in [-0.25, -0.2) is 0 Å². The highest BCUT2D eigenvalue weighted by molar-refractivity contribution is 7.99. The van der Waals surface area contributed by atoms with Crippen molar-refractivity contribution in [1.29, 1.82) is 0 Å². The van der Waals surface area contributed by atoms with Gasteiger partial charge in [-0.3, -0.25) is 0 Å². The van der Waals surface area contributed by atoms with Crippen molar-refractivity contribution in [3.05, 3.63) is 101 Å². The molecule has 0 unspecified atom stereocenters. The lowest BCUT2D eigenvalue weighted by Gasteiger charge is -2.07. The first kappa shape index (κ1) is 22.0. The fourth-order valence-electron chi connectivity index (χ4n) is 3.45. The maximum absolute atomic E-state index is 4.80. The summed E-state index contributed by atoms with van der Waals surface area (Å²) < 4.78 is 1.87. The van der Waals surface area contributed by atoms with Gasteiger partial charge < -0.3 is 0 Å². The van der Waals surface area contributed by atoms with Gasteiger partial charge in [0.15, 0.2) is 5.82 Å². The molecule has 4 nitrogen and oxygen atoms in total. The van der Waals surface area contributed by atoms with Gasteiger partial charge in [0.2, 0.25) is 5.16 Å². The van der Waals surface area contributed by atoms with Crippen molar-refractivity contribution in [2.45, 2.75) is 38.3 Å². The molecule has 0 saturated carbocycles. The zero-order valence-corrected chi connectivity index (χ0v) is 19.6. The average Bonchev–Trinajstić information content (AvgIpc) is 3.21. The van der Waals surface area contributed by atoms with Crippen LogP contribution >= 0.6 is 11.8 Å². The van der Waals surface area contributed by atoms with Gasteiger partial charge in [0.1, 0.15) is 0 Å². The Morgan fingerprint density at radius 2 is 1.62 bits per heavy atom. The Labute approximate surface area is 194 Å². The molecule has 0 atom stereocenters. The lowest BCUT2D eigenvalue weighted by molar-refractivity contribution is 0.772. The molecule has 0 aliphatic heterocycles. The van der Waals surface area contributed by atoms with E-state index in [-0.39, 0.29) is 0 Å². The van der Waals surface area contributed by atoms with Crippen molar-refractivity contribution < 1.29 is 0 Å². The second kappa shape index (κ2) is 10.4. The van der Waals surface area contributed by atoms with E-state index in [4.69, 9.17) is 5.10 Å². The highest BCUT2D eigenvalue weighted by atomic mass is 32.2. The van der Waals surface area contributed by atoms with Crippen LogP contribution in [0, 0.1) is 6.92 Å². The molecule has 0 radical (unpaired) electrons. The van der Waals surface area contributed by atoms with Crippen molar-refractivity contribution in [2.75, 3.05) is 5.75 Å². The molecular formula is C27H28N4S. The van der Waals surface area contributed by atoms with Crippen molar-refractivity contribution in [2.24, 2.45) is 5.10 Å². The van der Waals surface area contributed by atoms with E-state index in [1.807, 2.05) is 29.1 Å². The number of benzene rings is 3. The lowest BCUT2D eigenvalue weighted by atomic mass is 10.0. The summed E-state index contributed by atoms with van der Waals surface area (Å²) in [6.45, 7) is 6.49. The molecule has 0 spiro atoms. The number of thioether (sulfide) groups is 1. The Morgan fingerprint density at radius 1 is 0.906 bits per heavy atom. The third-order valence-electron chi connectivity index (χ3n) is 5.39. The molecule has 3 aromatic carbocycles. The average molecular weight is 441 g/mol. The molecule has 0 N–H and O–H groups in total. The second-order valence-corrected chi connectivity index (χ2v) is 9.14. The number of rotatable bonds is 8. The summed E-state index contributed by atoms with van der Waals surface area (Å²) in [5.41, 5.74) is 5.89. The smallest absolute Gasteiger partial charge is 0.187 e. The number of hydrogen-bond acceptors (Lipinski definition) is 4. The van der Waals surface area contributed by atoms with Gasteiger partial charge in [0.05, 0.1) is 6.21 Å². The van der Waals surface area contributed by atoms with Gasteiger partial charge >= 0.3 is 0 Å². The number of aromatic nitrogens is 3. The molecule has 1 aromatic heterocycles. The van der Waals surface area contributed by atoms with E-state index >= 15 is 0 Å². The largest absolute Gasteiger partial charge is 0.212 e. The number of nitrogens with zero attached hydrogens (tertiary/aromatic N) is 4. The standard InChI is InChI=1S/C27H28N4S/c1-20(2)24-15-13-23(14-16-24)19-28-31-26(25-12-8-7-9-21(25)3)29-30-27(31)32-18-17-22-10-5-4-6-11-22/h4-16,19-20H,17-18H2,1-3H3/b28-19+. The van der Waals surface area contributed by atoms with E-state index < -0.39 is 0 Å². The number of aryl methyl sites for hydroxylation is 2. The van der Waals surface area contributed by atoms with Crippen molar-refractivity contribution >= 4 is 18.0 Å². The monoisotopic (exact) mass is 440 g/mol. The summed E-state index contributed by atoms with van der Waals surface area (Å²) >= 11 is 1.68. The van der Waals surface area contributed by atoms with E-state index in [1.54, 1.807) is 11.8 Å². The Hall–Kier alpha value is -3.18. The third-order valence-corrected chi connectivity index (χ3v) is 6.31. The van der Waals surface area contributed by atoms with Gasteiger partial charge in [-0.15, -0.1) is 10.2 Å². The van der Waals surface area contributed by atoms with Crippen molar-refractivity contribution in [3.8, 4) is 11.4 Å². The van der Waals surface area contributed by atoms with Crippen molar-refractivity contribution in [3.63, 3.8) is 0 Å². The lowest BCUT2D eigenvalue weighted by Crippen LogP contribution is -1.99.